The predicted molar refractivity (Wildman–Crippen MR) is 115 cm³/mol. The Hall–Kier alpha value is -3.12. The van der Waals surface area contributed by atoms with Gasteiger partial charge in [0.2, 0.25) is 4.80 Å². The van der Waals surface area contributed by atoms with E-state index in [0.717, 1.165) is 21.6 Å². The van der Waals surface area contributed by atoms with E-state index >= 15 is 0 Å². The maximum Gasteiger partial charge on any atom is 0.206 e. The number of hydrogen-bond donors (Lipinski definition) is 1. The molecule has 0 saturated heterocycles. The Morgan fingerprint density at radius 2 is 2.00 bits per heavy atom. The Morgan fingerprint density at radius 1 is 1.25 bits per heavy atom. The van der Waals surface area contributed by atoms with Gasteiger partial charge in [-0.15, -0.1) is 11.3 Å². The Morgan fingerprint density at radius 3 is 2.68 bits per heavy atom. The highest BCUT2D eigenvalue weighted by Crippen LogP contribution is 2.23. The molecule has 0 saturated carbocycles. The SMILES string of the molecule is C=C(C)CN=c1scc(-c2ccc(C)cc2)n1N=Cc1cc(OC)ccc1O. The molecule has 0 aliphatic heterocycles. The fourth-order valence-electron chi connectivity index (χ4n) is 2.53. The zero-order valence-corrected chi connectivity index (χ0v) is 17.0. The molecule has 28 heavy (non-hydrogen) atoms. The van der Waals surface area contributed by atoms with Gasteiger partial charge in [-0.1, -0.05) is 42.0 Å². The van der Waals surface area contributed by atoms with E-state index in [-0.39, 0.29) is 5.75 Å². The molecule has 0 amide bonds. The van der Waals surface area contributed by atoms with Crippen molar-refractivity contribution in [2.75, 3.05) is 13.7 Å². The van der Waals surface area contributed by atoms with Crippen LogP contribution in [-0.2, 0) is 0 Å². The number of aromatic nitrogens is 1. The summed E-state index contributed by atoms with van der Waals surface area (Å²) in [6, 6.07) is 13.3. The van der Waals surface area contributed by atoms with Gasteiger partial charge in [-0.05, 0) is 32.0 Å². The van der Waals surface area contributed by atoms with Crippen molar-refractivity contribution in [2.45, 2.75) is 13.8 Å². The number of rotatable bonds is 6. The normalized spacial score (nSPS) is 11.9. The van der Waals surface area contributed by atoms with Gasteiger partial charge in [0.25, 0.3) is 0 Å². The number of phenolic OH excluding ortho intramolecular Hbond substituents is 1. The molecule has 0 bridgehead atoms. The van der Waals surface area contributed by atoms with E-state index in [1.807, 2.05) is 12.3 Å². The standard InChI is InChI=1S/C22H23N3O2S/c1-15(2)12-23-22-25(20(14-28-22)17-7-5-16(3)6-8-17)24-13-18-11-19(27-4)9-10-21(18)26/h5-11,13-14,26H,1,12H2,2-4H3. The third-order valence-corrected chi connectivity index (χ3v) is 4.92. The largest absolute Gasteiger partial charge is 0.507 e. The molecule has 1 heterocycles. The third-order valence-electron chi connectivity index (χ3n) is 4.06. The lowest BCUT2D eigenvalue weighted by Gasteiger charge is -2.06. The average molecular weight is 394 g/mol. The number of ether oxygens (including phenoxy) is 1. The van der Waals surface area contributed by atoms with Crippen molar-refractivity contribution < 1.29 is 9.84 Å². The zero-order chi connectivity index (χ0) is 20.1. The smallest absolute Gasteiger partial charge is 0.206 e. The molecule has 0 atom stereocenters. The summed E-state index contributed by atoms with van der Waals surface area (Å²) in [5, 5.41) is 16.8. The van der Waals surface area contributed by atoms with E-state index in [0.29, 0.717) is 17.9 Å². The van der Waals surface area contributed by atoms with Gasteiger partial charge in [-0.3, -0.25) is 4.99 Å². The highest BCUT2D eigenvalue weighted by Gasteiger charge is 2.08. The van der Waals surface area contributed by atoms with E-state index in [9.17, 15) is 5.11 Å². The summed E-state index contributed by atoms with van der Waals surface area (Å²) in [5.74, 6) is 0.790. The Balaban J connectivity index is 2.09. The molecule has 0 aliphatic carbocycles. The second kappa shape index (κ2) is 8.71. The van der Waals surface area contributed by atoms with E-state index < -0.39 is 0 Å². The van der Waals surface area contributed by atoms with Crippen molar-refractivity contribution in [3.8, 4) is 22.8 Å². The number of aryl methyl sites for hydroxylation is 1. The summed E-state index contributed by atoms with van der Waals surface area (Å²) in [6.45, 7) is 8.45. The van der Waals surface area contributed by atoms with Crippen LogP contribution in [0, 0.1) is 6.92 Å². The lowest BCUT2D eigenvalue weighted by atomic mass is 10.1. The Labute approximate surface area is 168 Å². The maximum absolute atomic E-state index is 10.1. The average Bonchev–Trinajstić information content (AvgIpc) is 3.09. The fourth-order valence-corrected chi connectivity index (χ4v) is 3.36. The Kier molecular flexibility index (Phi) is 6.11. The van der Waals surface area contributed by atoms with Crippen molar-refractivity contribution in [3.05, 3.63) is 75.9 Å². The first-order valence-corrected chi connectivity index (χ1v) is 9.69. The minimum Gasteiger partial charge on any atom is -0.507 e. The van der Waals surface area contributed by atoms with Crippen LogP contribution in [0.5, 0.6) is 11.5 Å². The monoisotopic (exact) mass is 393 g/mol. The minimum atomic E-state index is 0.137. The summed E-state index contributed by atoms with van der Waals surface area (Å²) in [7, 11) is 1.59. The first-order valence-electron chi connectivity index (χ1n) is 8.81. The number of nitrogens with zero attached hydrogens (tertiary/aromatic N) is 3. The van der Waals surface area contributed by atoms with Gasteiger partial charge in [0.05, 0.1) is 25.6 Å². The summed E-state index contributed by atoms with van der Waals surface area (Å²) in [6.07, 6.45) is 1.61. The highest BCUT2D eigenvalue weighted by atomic mass is 32.1. The summed E-state index contributed by atoms with van der Waals surface area (Å²) in [5.41, 5.74) is 4.72. The first kappa shape index (κ1) is 19.6. The van der Waals surface area contributed by atoms with Crippen LogP contribution in [0.25, 0.3) is 11.3 Å². The number of thiazole rings is 1. The molecule has 3 aromatic rings. The van der Waals surface area contributed by atoms with Crippen molar-refractivity contribution in [3.63, 3.8) is 0 Å². The van der Waals surface area contributed by atoms with Crippen molar-refractivity contribution in [1.29, 1.82) is 0 Å². The molecule has 0 unspecified atom stereocenters. The molecule has 0 spiro atoms. The molecule has 1 aromatic heterocycles. The lowest BCUT2D eigenvalue weighted by molar-refractivity contribution is 0.412. The van der Waals surface area contributed by atoms with Crippen molar-refractivity contribution >= 4 is 17.6 Å². The van der Waals surface area contributed by atoms with Crippen LogP contribution in [0.4, 0.5) is 0 Å². The molecule has 1 N–H and O–H groups in total. The molecule has 0 radical (unpaired) electrons. The number of phenols is 1. The molecule has 0 fully saturated rings. The number of aromatic hydroxyl groups is 1. The van der Waals surface area contributed by atoms with Crippen LogP contribution < -0.4 is 9.54 Å². The molecule has 5 nitrogen and oxygen atoms in total. The van der Waals surface area contributed by atoms with Gasteiger partial charge >= 0.3 is 0 Å². The first-order chi connectivity index (χ1) is 13.5. The molecule has 0 aliphatic rings. The van der Waals surface area contributed by atoms with Crippen LogP contribution in [0.2, 0.25) is 0 Å². The van der Waals surface area contributed by atoms with Crippen molar-refractivity contribution in [1.82, 2.24) is 4.68 Å². The van der Waals surface area contributed by atoms with Gasteiger partial charge in [0, 0.05) is 16.5 Å². The Bertz CT molecular complexity index is 1080. The van der Waals surface area contributed by atoms with Crippen LogP contribution in [0.15, 0.2) is 70.1 Å². The molecule has 144 valence electrons. The quantitative estimate of drug-likeness (QED) is 0.491. The van der Waals surface area contributed by atoms with E-state index in [1.165, 1.54) is 16.9 Å². The van der Waals surface area contributed by atoms with Gasteiger partial charge < -0.3 is 9.84 Å². The minimum absolute atomic E-state index is 0.137. The van der Waals surface area contributed by atoms with Crippen LogP contribution in [0.3, 0.4) is 0 Å². The molecular formula is C22H23N3O2S. The second-order valence-corrected chi connectivity index (χ2v) is 7.36. The third kappa shape index (κ3) is 4.58. The van der Waals surface area contributed by atoms with Crippen LogP contribution >= 0.6 is 11.3 Å². The fraction of sp³-hybridized carbons (Fsp3) is 0.182. The van der Waals surface area contributed by atoms with E-state index in [4.69, 9.17) is 4.74 Å². The summed E-state index contributed by atoms with van der Waals surface area (Å²) >= 11 is 1.52. The number of hydrogen-bond acceptors (Lipinski definition) is 5. The molecular weight excluding hydrogens is 370 g/mol. The van der Waals surface area contributed by atoms with Gasteiger partial charge in [0.1, 0.15) is 11.5 Å². The molecule has 2 aromatic carbocycles. The topological polar surface area (TPSA) is 59.1 Å². The van der Waals surface area contributed by atoms with Crippen LogP contribution in [0.1, 0.15) is 18.1 Å². The summed E-state index contributed by atoms with van der Waals surface area (Å²) in [4.78, 5) is 5.38. The van der Waals surface area contributed by atoms with Crippen molar-refractivity contribution in [2.24, 2.45) is 10.1 Å². The van der Waals surface area contributed by atoms with Gasteiger partial charge in [-0.2, -0.15) is 5.10 Å². The number of benzene rings is 2. The predicted octanol–water partition coefficient (Wildman–Crippen LogP) is 4.60. The van der Waals surface area contributed by atoms with E-state index in [1.54, 1.807) is 36.2 Å². The molecule has 3 rings (SSSR count). The highest BCUT2D eigenvalue weighted by molar-refractivity contribution is 7.07. The van der Waals surface area contributed by atoms with Crippen LogP contribution in [-0.4, -0.2) is 29.7 Å². The second-order valence-electron chi connectivity index (χ2n) is 6.52. The van der Waals surface area contributed by atoms with E-state index in [2.05, 4.69) is 47.9 Å². The zero-order valence-electron chi connectivity index (χ0n) is 16.2. The van der Waals surface area contributed by atoms with Gasteiger partial charge in [0.15, 0.2) is 0 Å². The lowest BCUT2D eigenvalue weighted by Crippen LogP contribution is -2.13. The maximum atomic E-state index is 10.1. The molecule has 6 heteroatoms. The number of methoxy groups -OCH3 is 1. The van der Waals surface area contributed by atoms with Gasteiger partial charge in [-0.25, -0.2) is 4.68 Å². The summed E-state index contributed by atoms with van der Waals surface area (Å²) < 4.78 is 7.02.